The predicted molar refractivity (Wildman–Crippen MR) is 90.7 cm³/mol. The van der Waals surface area contributed by atoms with Crippen LogP contribution >= 0.6 is 0 Å². The summed E-state index contributed by atoms with van der Waals surface area (Å²) in [6, 6.07) is 5.87. The van der Waals surface area contributed by atoms with Crippen LogP contribution in [-0.4, -0.2) is 11.6 Å². The van der Waals surface area contributed by atoms with Crippen molar-refractivity contribution in [1.82, 2.24) is 0 Å². The summed E-state index contributed by atoms with van der Waals surface area (Å²) in [5.74, 6) is 0.449. The van der Waals surface area contributed by atoms with Crippen LogP contribution in [0.2, 0.25) is 0 Å². The number of fused-ring (bicyclic) bond motifs is 6. The molecule has 4 unspecified atom stereocenters. The average molecular weight is 308 g/mol. The smallest absolute Gasteiger partial charge is 0.168 e. The van der Waals surface area contributed by atoms with Gasteiger partial charge in [-0.1, -0.05) is 57.0 Å². The van der Waals surface area contributed by atoms with E-state index in [1.165, 1.54) is 6.42 Å². The molecule has 0 saturated heterocycles. The molecule has 3 aliphatic rings. The Morgan fingerprint density at radius 2 is 2.00 bits per heavy atom. The van der Waals surface area contributed by atoms with Crippen molar-refractivity contribution < 1.29 is 9.59 Å². The highest BCUT2D eigenvalue weighted by Crippen LogP contribution is 2.59. The Labute approximate surface area is 138 Å². The molecule has 1 aromatic carbocycles. The van der Waals surface area contributed by atoms with Crippen molar-refractivity contribution in [3.63, 3.8) is 0 Å². The molecule has 4 rings (SSSR count). The van der Waals surface area contributed by atoms with E-state index in [1.807, 2.05) is 18.2 Å². The first kappa shape index (κ1) is 14.9. The minimum absolute atomic E-state index is 0.113. The highest BCUT2D eigenvalue weighted by atomic mass is 16.1. The lowest BCUT2D eigenvalue weighted by atomic mass is 9.64. The molecule has 0 heterocycles. The molecule has 1 saturated carbocycles. The summed E-state index contributed by atoms with van der Waals surface area (Å²) in [6.45, 7) is 4.33. The standard InChI is InChI=1S/C21H24O2/c1-3-4-5-7-13-8-6-9-15-16(13)20(23)17-14-10-11-21(2,12-14)18(17)19(15)22/h6,8-11,14,17-18H,3-5,7,12H2,1-2H3. The van der Waals surface area contributed by atoms with Gasteiger partial charge in [0.2, 0.25) is 0 Å². The van der Waals surface area contributed by atoms with E-state index in [-0.39, 0.29) is 34.7 Å². The topological polar surface area (TPSA) is 34.1 Å². The van der Waals surface area contributed by atoms with Crippen molar-refractivity contribution in [3.8, 4) is 0 Å². The largest absolute Gasteiger partial charge is 0.294 e. The summed E-state index contributed by atoms with van der Waals surface area (Å²) >= 11 is 0. The number of hydrogen-bond acceptors (Lipinski definition) is 2. The Morgan fingerprint density at radius 3 is 2.78 bits per heavy atom. The van der Waals surface area contributed by atoms with Gasteiger partial charge in [0, 0.05) is 23.0 Å². The lowest BCUT2D eigenvalue weighted by Crippen LogP contribution is -2.42. The maximum absolute atomic E-state index is 13.2. The highest BCUT2D eigenvalue weighted by Gasteiger charge is 2.60. The third-order valence-electron chi connectivity index (χ3n) is 6.23. The number of aryl methyl sites for hydroxylation is 1. The molecular weight excluding hydrogens is 284 g/mol. The van der Waals surface area contributed by atoms with E-state index < -0.39 is 0 Å². The van der Waals surface area contributed by atoms with Crippen LogP contribution in [0.15, 0.2) is 30.4 Å². The van der Waals surface area contributed by atoms with E-state index in [0.717, 1.165) is 36.8 Å². The molecule has 0 spiro atoms. The number of benzene rings is 1. The molecule has 0 radical (unpaired) electrons. The zero-order chi connectivity index (χ0) is 16.2. The second-order valence-corrected chi connectivity index (χ2v) is 7.76. The van der Waals surface area contributed by atoms with Gasteiger partial charge in [-0.25, -0.2) is 0 Å². The van der Waals surface area contributed by atoms with Crippen molar-refractivity contribution in [2.75, 3.05) is 0 Å². The summed E-state index contributed by atoms with van der Waals surface area (Å²) in [7, 11) is 0. The number of Topliss-reactive ketones (excluding diaryl/α,β-unsaturated/α-hetero) is 2. The van der Waals surface area contributed by atoms with Crippen molar-refractivity contribution in [3.05, 3.63) is 47.0 Å². The van der Waals surface area contributed by atoms with E-state index in [1.54, 1.807) is 0 Å². The Bertz CT molecular complexity index is 715. The molecule has 0 aromatic heterocycles. The van der Waals surface area contributed by atoms with Gasteiger partial charge in [0.25, 0.3) is 0 Å². The fourth-order valence-electron chi connectivity index (χ4n) is 5.13. The van der Waals surface area contributed by atoms with Crippen molar-refractivity contribution in [2.45, 2.75) is 46.0 Å². The molecular formula is C21H24O2. The maximum Gasteiger partial charge on any atom is 0.168 e. The van der Waals surface area contributed by atoms with Crippen molar-refractivity contribution in [1.29, 1.82) is 0 Å². The average Bonchev–Trinajstić information content (AvgIpc) is 3.06. The van der Waals surface area contributed by atoms with Gasteiger partial charge in [-0.3, -0.25) is 9.59 Å². The van der Waals surface area contributed by atoms with E-state index in [9.17, 15) is 9.59 Å². The molecule has 1 aromatic rings. The maximum atomic E-state index is 13.2. The molecule has 120 valence electrons. The first-order valence-electron chi connectivity index (χ1n) is 8.96. The van der Waals surface area contributed by atoms with Crippen LogP contribution in [0.1, 0.15) is 65.8 Å². The predicted octanol–water partition coefficient (Wildman–Crippen LogP) is 4.63. The first-order chi connectivity index (χ1) is 11.1. The molecule has 4 atom stereocenters. The van der Waals surface area contributed by atoms with Crippen LogP contribution in [0, 0.1) is 23.2 Å². The number of rotatable bonds is 4. The van der Waals surface area contributed by atoms with Crippen LogP contribution in [0.4, 0.5) is 0 Å². The molecule has 1 fully saturated rings. The van der Waals surface area contributed by atoms with Crippen molar-refractivity contribution >= 4 is 11.6 Å². The molecule has 0 N–H and O–H groups in total. The summed E-state index contributed by atoms with van der Waals surface area (Å²) in [5.41, 5.74) is 2.41. The first-order valence-corrected chi connectivity index (χ1v) is 8.96. The van der Waals surface area contributed by atoms with Crippen LogP contribution < -0.4 is 0 Å². The van der Waals surface area contributed by atoms with Gasteiger partial charge in [-0.15, -0.1) is 0 Å². The van der Waals surface area contributed by atoms with Crippen LogP contribution in [0.25, 0.3) is 0 Å². The van der Waals surface area contributed by atoms with E-state index >= 15 is 0 Å². The highest BCUT2D eigenvalue weighted by molar-refractivity contribution is 6.17. The van der Waals surface area contributed by atoms with Crippen LogP contribution in [0.3, 0.4) is 0 Å². The normalized spacial score (nSPS) is 33.9. The second kappa shape index (κ2) is 5.15. The molecule has 2 nitrogen and oxygen atoms in total. The van der Waals surface area contributed by atoms with Gasteiger partial charge in [0.1, 0.15) is 0 Å². The lowest BCUT2D eigenvalue weighted by molar-refractivity contribution is 0.0675. The summed E-state index contributed by atoms with van der Waals surface area (Å²) in [4.78, 5) is 26.4. The van der Waals surface area contributed by atoms with E-state index in [2.05, 4.69) is 26.0 Å². The molecule has 2 heteroatoms. The zero-order valence-corrected chi connectivity index (χ0v) is 14.0. The third-order valence-corrected chi connectivity index (χ3v) is 6.23. The SMILES string of the molecule is CCCCCc1cccc2c1C(=O)C1C3C=CC(C)(C3)C1C2=O. The summed E-state index contributed by atoms with van der Waals surface area (Å²) in [5, 5.41) is 0. The summed E-state index contributed by atoms with van der Waals surface area (Å²) < 4.78 is 0. The quantitative estimate of drug-likeness (QED) is 0.600. The van der Waals surface area contributed by atoms with Crippen LogP contribution in [0.5, 0.6) is 0 Å². The Hall–Kier alpha value is -1.70. The third kappa shape index (κ3) is 2.00. The molecule has 2 bridgehead atoms. The Balaban J connectivity index is 1.77. The van der Waals surface area contributed by atoms with Gasteiger partial charge < -0.3 is 0 Å². The fourth-order valence-corrected chi connectivity index (χ4v) is 5.13. The van der Waals surface area contributed by atoms with Gasteiger partial charge >= 0.3 is 0 Å². The van der Waals surface area contributed by atoms with E-state index in [4.69, 9.17) is 0 Å². The van der Waals surface area contributed by atoms with Gasteiger partial charge in [-0.2, -0.15) is 0 Å². The number of carbonyl (C=O) groups is 2. The van der Waals surface area contributed by atoms with Gasteiger partial charge in [0.15, 0.2) is 11.6 Å². The van der Waals surface area contributed by atoms with Crippen LogP contribution in [-0.2, 0) is 6.42 Å². The fraction of sp³-hybridized carbons (Fsp3) is 0.524. The minimum atomic E-state index is -0.136. The molecule has 0 amide bonds. The summed E-state index contributed by atoms with van der Waals surface area (Å²) in [6.07, 6.45) is 9.64. The zero-order valence-electron chi connectivity index (χ0n) is 14.0. The lowest BCUT2D eigenvalue weighted by Gasteiger charge is -2.36. The monoisotopic (exact) mass is 308 g/mol. The van der Waals surface area contributed by atoms with Crippen molar-refractivity contribution in [2.24, 2.45) is 23.2 Å². The Morgan fingerprint density at radius 1 is 1.17 bits per heavy atom. The van der Waals surface area contributed by atoms with Gasteiger partial charge in [-0.05, 0) is 36.2 Å². The second-order valence-electron chi connectivity index (χ2n) is 7.76. The van der Waals surface area contributed by atoms with E-state index in [0.29, 0.717) is 5.56 Å². The minimum Gasteiger partial charge on any atom is -0.294 e. The number of unbranched alkanes of at least 4 members (excludes halogenated alkanes) is 2. The molecule has 23 heavy (non-hydrogen) atoms. The number of allylic oxidation sites excluding steroid dienone is 2. The number of hydrogen-bond donors (Lipinski definition) is 0. The molecule has 3 aliphatic carbocycles. The Kier molecular flexibility index (Phi) is 3.33. The molecule has 0 aliphatic heterocycles. The number of ketones is 2. The number of carbonyl (C=O) groups excluding carboxylic acids is 2. The van der Waals surface area contributed by atoms with Gasteiger partial charge in [0.05, 0.1) is 0 Å².